The van der Waals surface area contributed by atoms with Gasteiger partial charge >= 0.3 is 0 Å². The molecule has 2 aliphatic heterocycles. The highest BCUT2D eigenvalue weighted by atomic mass is 16.5. The lowest BCUT2D eigenvalue weighted by Gasteiger charge is -2.35. The number of hydrogen-bond acceptors (Lipinski definition) is 5. The molecule has 0 aliphatic carbocycles. The topological polar surface area (TPSA) is 48.4 Å². The first-order valence-corrected chi connectivity index (χ1v) is 12.7. The van der Waals surface area contributed by atoms with Crippen LogP contribution in [0.2, 0.25) is 0 Å². The number of nitrogens with zero attached hydrogens (tertiary/aromatic N) is 4. The molecule has 0 N–H and O–H groups in total. The summed E-state index contributed by atoms with van der Waals surface area (Å²) in [4.78, 5) is 18.3. The number of ether oxygens (including phenoxy) is 1. The van der Waals surface area contributed by atoms with Crippen LogP contribution in [0, 0.1) is 6.92 Å². The summed E-state index contributed by atoms with van der Waals surface area (Å²) in [5, 5.41) is 6.58. The van der Waals surface area contributed by atoms with Crippen molar-refractivity contribution in [1.29, 1.82) is 0 Å². The Labute approximate surface area is 213 Å². The zero-order valence-electron chi connectivity index (χ0n) is 21.1. The molecular weight excluding hydrogens is 448 g/mol. The minimum absolute atomic E-state index is 0.0509. The van der Waals surface area contributed by atoms with E-state index in [1.165, 1.54) is 11.1 Å². The lowest BCUT2D eigenvalue weighted by atomic mass is 9.97. The van der Waals surface area contributed by atoms with Gasteiger partial charge in [0, 0.05) is 44.7 Å². The van der Waals surface area contributed by atoms with Gasteiger partial charge in [0.1, 0.15) is 5.75 Å². The maximum absolute atomic E-state index is 13.6. The second-order valence-corrected chi connectivity index (χ2v) is 9.69. The lowest BCUT2D eigenvalue weighted by Crippen LogP contribution is -2.49. The molecule has 6 heteroatoms. The average molecular weight is 483 g/mol. The van der Waals surface area contributed by atoms with Gasteiger partial charge in [-0.1, -0.05) is 72.3 Å². The fourth-order valence-electron chi connectivity index (χ4n) is 4.98. The van der Waals surface area contributed by atoms with Gasteiger partial charge in [0.25, 0.3) is 5.91 Å². The maximum Gasteiger partial charge on any atom is 0.257 e. The Morgan fingerprint density at radius 1 is 0.917 bits per heavy atom. The van der Waals surface area contributed by atoms with E-state index in [1.807, 2.05) is 24.3 Å². The predicted molar refractivity (Wildman–Crippen MR) is 143 cm³/mol. The van der Waals surface area contributed by atoms with E-state index < -0.39 is 0 Å². The summed E-state index contributed by atoms with van der Waals surface area (Å²) in [5.41, 5.74) is 5.57. The van der Waals surface area contributed by atoms with E-state index in [4.69, 9.17) is 9.84 Å². The summed E-state index contributed by atoms with van der Waals surface area (Å²) in [5.74, 6) is 0.843. The molecule has 0 saturated carbocycles. The average Bonchev–Trinajstić information content (AvgIpc) is 3.37. The third-order valence-electron chi connectivity index (χ3n) is 7.10. The van der Waals surface area contributed by atoms with E-state index in [-0.39, 0.29) is 11.9 Å². The third kappa shape index (κ3) is 5.66. The SMILES string of the molecule is COc1cccc(C2=NN(C(=O)CN3CCN(Cc4ccccc4)CC3)C(c3ccc(C)cc3)C2)c1. The van der Waals surface area contributed by atoms with Crippen molar-refractivity contribution in [3.63, 3.8) is 0 Å². The van der Waals surface area contributed by atoms with Crippen molar-refractivity contribution in [1.82, 2.24) is 14.8 Å². The summed E-state index contributed by atoms with van der Waals surface area (Å²) >= 11 is 0. The summed E-state index contributed by atoms with van der Waals surface area (Å²) in [6, 6.07) is 26.8. The van der Waals surface area contributed by atoms with E-state index in [2.05, 4.69) is 71.3 Å². The number of amides is 1. The Hall–Kier alpha value is -3.48. The summed E-state index contributed by atoms with van der Waals surface area (Å²) in [6.45, 7) is 7.11. The van der Waals surface area contributed by atoms with Gasteiger partial charge in [-0.25, -0.2) is 5.01 Å². The molecule has 0 radical (unpaired) electrons. The van der Waals surface area contributed by atoms with Crippen LogP contribution in [0.15, 0.2) is 84.0 Å². The first kappa shape index (κ1) is 24.2. The van der Waals surface area contributed by atoms with Crippen molar-refractivity contribution >= 4 is 11.6 Å². The highest BCUT2D eigenvalue weighted by Gasteiger charge is 2.34. The van der Waals surface area contributed by atoms with Crippen molar-refractivity contribution in [3.8, 4) is 5.75 Å². The van der Waals surface area contributed by atoms with Crippen LogP contribution in [0.25, 0.3) is 0 Å². The predicted octanol–water partition coefficient (Wildman–Crippen LogP) is 4.50. The molecule has 0 spiro atoms. The van der Waals surface area contributed by atoms with E-state index in [9.17, 15) is 4.79 Å². The highest BCUT2D eigenvalue weighted by molar-refractivity contribution is 6.03. The molecule has 36 heavy (non-hydrogen) atoms. The minimum atomic E-state index is -0.0985. The van der Waals surface area contributed by atoms with Crippen LogP contribution in [-0.4, -0.2) is 66.3 Å². The lowest BCUT2D eigenvalue weighted by molar-refractivity contribution is -0.134. The van der Waals surface area contributed by atoms with Gasteiger partial charge < -0.3 is 4.74 Å². The number of carbonyl (C=O) groups is 1. The molecule has 3 aromatic carbocycles. The van der Waals surface area contributed by atoms with Gasteiger partial charge in [-0.15, -0.1) is 0 Å². The fourth-order valence-corrected chi connectivity index (χ4v) is 4.98. The van der Waals surface area contributed by atoms with Crippen LogP contribution in [0.1, 0.15) is 34.7 Å². The van der Waals surface area contributed by atoms with Crippen molar-refractivity contribution < 1.29 is 9.53 Å². The van der Waals surface area contributed by atoms with Gasteiger partial charge in [-0.05, 0) is 30.2 Å². The number of aryl methyl sites for hydroxylation is 1. The largest absolute Gasteiger partial charge is 0.497 e. The zero-order valence-corrected chi connectivity index (χ0v) is 21.1. The standard InChI is InChI=1S/C30H34N4O2/c1-23-11-13-25(14-12-23)29-20-28(26-9-6-10-27(19-26)36-2)31-34(29)30(35)22-33-17-15-32(16-18-33)21-24-7-4-3-5-8-24/h3-14,19,29H,15-18,20-22H2,1-2H3. The van der Waals surface area contributed by atoms with Gasteiger partial charge in [0.15, 0.2) is 0 Å². The number of rotatable bonds is 7. The molecule has 1 atom stereocenters. The molecule has 6 nitrogen and oxygen atoms in total. The first-order valence-electron chi connectivity index (χ1n) is 12.7. The molecule has 5 rings (SSSR count). The number of carbonyl (C=O) groups excluding carboxylic acids is 1. The Bertz CT molecular complexity index is 1200. The molecule has 2 aliphatic rings. The Kier molecular flexibility index (Phi) is 7.44. The van der Waals surface area contributed by atoms with Crippen molar-refractivity contribution in [2.45, 2.75) is 25.9 Å². The van der Waals surface area contributed by atoms with Crippen LogP contribution < -0.4 is 4.74 Å². The van der Waals surface area contributed by atoms with Crippen molar-refractivity contribution in [3.05, 3.63) is 101 Å². The van der Waals surface area contributed by atoms with Crippen molar-refractivity contribution in [2.24, 2.45) is 5.10 Å². The van der Waals surface area contributed by atoms with Crippen molar-refractivity contribution in [2.75, 3.05) is 39.8 Å². The third-order valence-corrected chi connectivity index (χ3v) is 7.10. The summed E-state index contributed by atoms with van der Waals surface area (Å²) in [7, 11) is 1.67. The van der Waals surface area contributed by atoms with E-state index in [1.54, 1.807) is 12.1 Å². The quantitative estimate of drug-likeness (QED) is 0.498. The molecular formula is C30H34N4O2. The second kappa shape index (κ2) is 11.1. The molecule has 1 saturated heterocycles. The number of hydrogen-bond donors (Lipinski definition) is 0. The fraction of sp³-hybridized carbons (Fsp3) is 0.333. The summed E-state index contributed by atoms with van der Waals surface area (Å²) in [6.07, 6.45) is 0.687. The van der Waals surface area contributed by atoms with E-state index in [0.717, 1.165) is 55.3 Å². The first-order chi connectivity index (χ1) is 17.6. The Balaban J connectivity index is 1.28. The normalized spacial score (nSPS) is 18.8. The molecule has 0 bridgehead atoms. The molecule has 186 valence electrons. The summed E-state index contributed by atoms with van der Waals surface area (Å²) < 4.78 is 5.41. The van der Waals surface area contributed by atoms with Crippen LogP contribution in [0.5, 0.6) is 5.75 Å². The van der Waals surface area contributed by atoms with E-state index >= 15 is 0 Å². The van der Waals surface area contributed by atoms with Crippen LogP contribution in [0.4, 0.5) is 0 Å². The van der Waals surface area contributed by atoms with Crippen LogP contribution in [0.3, 0.4) is 0 Å². The van der Waals surface area contributed by atoms with E-state index in [0.29, 0.717) is 13.0 Å². The van der Waals surface area contributed by atoms with Gasteiger partial charge in [0.2, 0.25) is 0 Å². The number of piperazine rings is 1. The Morgan fingerprint density at radius 3 is 2.36 bits per heavy atom. The highest BCUT2D eigenvalue weighted by Crippen LogP contribution is 2.33. The number of hydrazone groups is 1. The number of benzene rings is 3. The smallest absolute Gasteiger partial charge is 0.257 e. The molecule has 1 fully saturated rings. The van der Waals surface area contributed by atoms with Crippen LogP contribution >= 0.6 is 0 Å². The molecule has 1 amide bonds. The Morgan fingerprint density at radius 2 is 1.64 bits per heavy atom. The molecule has 3 aromatic rings. The number of methoxy groups -OCH3 is 1. The van der Waals surface area contributed by atoms with Gasteiger partial charge in [-0.2, -0.15) is 5.10 Å². The van der Waals surface area contributed by atoms with Gasteiger partial charge in [0.05, 0.1) is 25.4 Å². The van der Waals surface area contributed by atoms with Crippen LogP contribution in [-0.2, 0) is 11.3 Å². The molecule has 0 aromatic heterocycles. The zero-order chi connectivity index (χ0) is 24.9. The second-order valence-electron chi connectivity index (χ2n) is 9.69. The molecule has 1 unspecified atom stereocenters. The minimum Gasteiger partial charge on any atom is -0.497 e. The molecule has 2 heterocycles. The monoisotopic (exact) mass is 482 g/mol. The maximum atomic E-state index is 13.6. The van der Waals surface area contributed by atoms with Gasteiger partial charge in [-0.3, -0.25) is 14.6 Å².